The molecule has 1 rings (SSSR count). The Labute approximate surface area is 98.4 Å². The zero-order chi connectivity index (χ0) is 11.8. The second-order valence-corrected chi connectivity index (χ2v) is 3.79. The number of hydrogen-bond acceptors (Lipinski definition) is 7. The van der Waals surface area contributed by atoms with Gasteiger partial charge in [-0.3, -0.25) is 4.79 Å². The molecule has 0 spiro atoms. The van der Waals surface area contributed by atoms with Gasteiger partial charge in [-0.15, -0.1) is 0 Å². The normalized spacial score (nSPS) is 10.1. The van der Waals surface area contributed by atoms with Crippen LogP contribution in [-0.4, -0.2) is 49.2 Å². The van der Waals surface area contributed by atoms with Crippen LogP contribution in [0.4, 0.5) is 5.13 Å². The van der Waals surface area contributed by atoms with Crippen molar-refractivity contribution < 1.29 is 14.3 Å². The maximum Gasteiger partial charge on any atom is 0.307 e. The van der Waals surface area contributed by atoms with E-state index < -0.39 is 0 Å². The Morgan fingerprint density at radius 1 is 1.50 bits per heavy atom. The predicted molar refractivity (Wildman–Crippen MR) is 60.6 cm³/mol. The summed E-state index contributed by atoms with van der Waals surface area (Å²) >= 11 is 1.30. The summed E-state index contributed by atoms with van der Waals surface area (Å²) < 4.78 is 13.5. The summed E-state index contributed by atoms with van der Waals surface area (Å²) in [7, 11) is 3.02. The van der Waals surface area contributed by atoms with Crippen LogP contribution in [0, 0.1) is 0 Å². The van der Waals surface area contributed by atoms with Crippen molar-refractivity contribution in [3.8, 4) is 0 Å². The molecule has 0 aromatic carbocycles. The molecule has 0 atom stereocenters. The molecule has 0 aliphatic carbocycles. The van der Waals surface area contributed by atoms with Crippen molar-refractivity contribution in [2.24, 2.45) is 0 Å². The highest BCUT2D eigenvalue weighted by Crippen LogP contribution is 2.14. The van der Waals surface area contributed by atoms with Crippen LogP contribution >= 0.6 is 11.5 Å². The third-order valence-electron chi connectivity index (χ3n) is 2.00. The molecule has 1 heterocycles. The molecule has 6 nitrogen and oxygen atoms in total. The smallest absolute Gasteiger partial charge is 0.307 e. The molecule has 16 heavy (non-hydrogen) atoms. The first-order chi connectivity index (χ1) is 7.77. The maximum absolute atomic E-state index is 11.0. The monoisotopic (exact) mass is 245 g/mol. The molecule has 0 amide bonds. The van der Waals surface area contributed by atoms with Gasteiger partial charge in [0.2, 0.25) is 5.13 Å². The fourth-order valence-corrected chi connectivity index (χ4v) is 1.72. The van der Waals surface area contributed by atoms with Gasteiger partial charge < -0.3 is 14.4 Å². The van der Waals surface area contributed by atoms with Gasteiger partial charge in [-0.1, -0.05) is 0 Å². The zero-order valence-electron chi connectivity index (χ0n) is 9.38. The lowest BCUT2D eigenvalue weighted by molar-refractivity contribution is -0.140. The van der Waals surface area contributed by atoms with Crippen molar-refractivity contribution in [3.63, 3.8) is 0 Å². The van der Waals surface area contributed by atoms with Gasteiger partial charge in [-0.05, 0) is 0 Å². The average Bonchev–Trinajstić information content (AvgIpc) is 2.82. The van der Waals surface area contributed by atoms with Crippen LogP contribution in [0.25, 0.3) is 0 Å². The maximum atomic E-state index is 11.0. The number of rotatable bonds is 7. The van der Waals surface area contributed by atoms with Gasteiger partial charge in [0.15, 0.2) is 0 Å². The largest absolute Gasteiger partial charge is 0.469 e. The minimum atomic E-state index is -0.230. The fourth-order valence-electron chi connectivity index (χ4n) is 1.14. The molecule has 0 N–H and O–H groups in total. The van der Waals surface area contributed by atoms with Crippen LogP contribution in [0.1, 0.15) is 6.42 Å². The summed E-state index contributed by atoms with van der Waals surface area (Å²) in [4.78, 5) is 17.1. The first kappa shape index (κ1) is 12.9. The van der Waals surface area contributed by atoms with Crippen molar-refractivity contribution in [1.29, 1.82) is 0 Å². The summed E-state index contributed by atoms with van der Waals surface area (Å²) in [5.74, 6) is -0.230. The summed E-state index contributed by atoms with van der Waals surface area (Å²) in [5, 5.41) is 0.793. The molecule has 0 unspecified atom stereocenters. The van der Waals surface area contributed by atoms with E-state index in [0.717, 1.165) is 5.13 Å². The van der Waals surface area contributed by atoms with Gasteiger partial charge in [0.05, 0.1) is 20.1 Å². The molecule has 0 fully saturated rings. The fraction of sp³-hybridized carbons (Fsp3) is 0.667. The molecule has 0 saturated heterocycles. The molecule has 1 aromatic rings. The number of ether oxygens (including phenoxy) is 2. The first-order valence-corrected chi connectivity index (χ1v) is 5.62. The van der Waals surface area contributed by atoms with E-state index in [9.17, 15) is 4.79 Å². The first-order valence-electron chi connectivity index (χ1n) is 4.85. The van der Waals surface area contributed by atoms with Crippen LogP contribution in [-0.2, 0) is 14.3 Å². The highest BCUT2D eigenvalue weighted by molar-refractivity contribution is 7.09. The van der Waals surface area contributed by atoms with Gasteiger partial charge >= 0.3 is 5.97 Å². The Balaban J connectivity index is 2.47. The number of nitrogens with zero attached hydrogens (tertiary/aromatic N) is 3. The number of esters is 1. The lowest BCUT2D eigenvalue weighted by atomic mass is 10.4. The molecule has 0 bridgehead atoms. The molecule has 7 heteroatoms. The van der Waals surface area contributed by atoms with Gasteiger partial charge in [-0.25, -0.2) is 4.98 Å². The van der Waals surface area contributed by atoms with E-state index in [1.54, 1.807) is 7.11 Å². The van der Waals surface area contributed by atoms with E-state index in [-0.39, 0.29) is 5.97 Å². The minimum Gasteiger partial charge on any atom is -0.469 e. The topological polar surface area (TPSA) is 64.5 Å². The van der Waals surface area contributed by atoms with Crippen molar-refractivity contribution in [1.82, 2.24) is 9.36 Å². The Morgan fingerprint density at radius 2 is 2.31 bits per heavy atom. The van der Waals surface area contributed by atoms with E-state index in [0.29, 0.717) is 26.1 Å². The van der Waals surface area contributed by atoms with E-state index in [1.165, 1.54) is 25.0 Å². The standard InChI is InChI=1S/C9H15N3O3S/c1-14-6-5-12(4-3-8(13)15-2)9-10-7-11-16-9/h7H,3-6H2,1-2H3. The zero-order valence-corrected chi connectivity index (χ0v) is 10.2. The quantitative estimate of drug-likeness (QED) is 0.654. The van der Waals surface area contributed by atoms with Crippen molar-refractivity contribution in [2.75, 3.05) is 38.8 Å². The van der Waals surface area contributed by atoms with E-state index in [2.05, 4.69) is 14.1 Å². The van der Waals surface area contributed by atoms with Crippen LogP contribution in [0.2, 0.25) is 0 Å². The Morgan fingerprint density at radius 3 is 2.88 bits per heavy atom. The number of anilines is 1. The SMILES string of the molecule is COCCN(CCC(=O)OC)c1ncns1. The molecule has 0 radical (unpaired) electrons. The molecule has 0 saturated carbocycles. The Bertz CT molecular complexity index is 305. The third kappa shape index (κ3) is 4.11. The number of methoxy groups -OCH3 is 2. The Hall–Kier alpha value is -1.21. The van der Waals surface area contributed by atoms with E-state index >= 15 is 0 Å². The van der Waals surface area contributed by atoms with E-state index in [4.69, 9.17) is 4.74 Å². The third-order valence-corrected chi connectivity index (χ3v) is 2.73. The van der Waals surface area contributed by atoms with Crippen molar-refractivity contribution >= 4 is 22.6 Å². The molecular weight excluding hydrogens is 230 g/mol. The molecule has 90 valence electrons. The van der Waals surface area contributed by atoms with Crippen LogP contribution in [0.5, 0.6) is 0 Å². The second kappa shape index (κ2) is 7.13. The van der Waals surface area contributed by atoms with Crippen LogP contribution < -0.4 is 4.90 Å². The Kier molecular flexibility index (Phi) is 5.73. The predicted octanol–water partition coefficient (Wildman–Crippen LogP) is 0.554. The lowest BCUT2D eigenvalue weighted by Gasteiger charge is -2.19. The minimum absolute atomic E-state index is 0.230. The van der Waals surface area contributed by atoms with Gasteiger partial charge in [0.1, 0.15) is 6.33 Å². The van der Waals surface area contributed by atoms with Gasteiger partial charge in [0.25, 0.3) is 0 Å². The molecule has 1 aromatic heterocycles. The van der Waals surface area contributed by atoms with Crippen LogP contribution in [0.3, 0.4) is 0 Å². The average molecular weight is 245 g/mol. The highest BCUT2D eigenvalue weighted by Gasteiger charge is 2.11. The summed E-state index contributed by atoms with van der Waals surface area (Å²) in [6, 6.07) is 0. The van der Waals surface area contributed by atoms with Gasteiger partial charge in [0, 0.05) is 31.7 Å². The molecule has 0 aliphatic heterocycles. The number of hydrogen-bond donors (Lipinski definition) is 0. The molecule has 0 aliphatic rings. The van der Waals surface area contributed by atoms with Crippen molar-refractivity contribution in [3.05, 3.63) is 6.33 Å². The van der Waals surface area contributed by atoms with Crippen LogP contribution in [0.15, 0.2) is 6.33 Å². The number of aromatic nitrogens is 2. The van der Waals surface area contributed by atoms with Gasteiger partial charge in [-0.2, -0.15) is 4.37 Å². The lowest BCUT2D eigenvalue weighted by Crippen LogP contribution is -2.29. The molecular formula is C9H15N3O3S. The second-order valence-electron chi connectivity index (χ2n) is 3.03. The summed E-state index contributed by atoms with van der Waals surface area (Å²) in [6.45, 7) is 1.83. The summed E-state index contributed by atoms with van der Waals surface area (Å²) in [6.07, 6.45) is 1.83. The van der Waals surface area contributed by atoms with Crippen molar-refractivity contribution in [2.45, 2.75) is 6.42 Å². The van der Waals surface area contributed by atoms with E-state index in [1.807, 2.05) is 4.90 Å². The highest BCUT2D eigenvalue weighted by atomic mass is 32.1. The summed E-state index contributed by atoms with van der Waals surface area (Å²) in [5.41, 5.74) is 0. The number of carbonyl (C=O) groups is 1. The number of carbonyl (C=O) groups excluding carboxylic acids is 1.